The van der Waals surface area contributed by atoms with Crippen LogP contribution in [0.25, 0.3) is 10.8 Å². The molecule has 1 aromatic carbocycles. The molecule has 0 radical (unpaired) electrons. The van der Waals surface area contributed by atoms with Crippen molar-refractivity contribution in [2.45, 2.75) is 6.92 Å². The van der Waals surface area contributed by atoms with Crippen molar-refractivity contribution in [2.75, 3.05) is 11.1 Å². The molecule has 94 valence electrons. The summed E-state index contributed by atoms with van der Waals surface area (Å²) in [6, 6.07) is 10.0. The average molecular weight is 250 g/mol. The van der Waals surface area contributed by atoms with Crippen LogP contribution < -0.4 is 11.1 Å². The number of pyridine rings is 2. The molecule has 2 aromatic heterocycles. The maximum atomic E-state index is 5.77. The van der Waals surface area contributed by atoms with Gasteiger partial charge in [-0.2, -0.15) is 0 Å². The summed E-state index contributed by atoms with van der Waals surface area (Å²) in [5, 5.41) is 5.52. The largest absolute Gasteiger partial charge is 0.397 e. The Balaban J connectivity index is 2.03. The number of benzene rings is 1. The fraction of sp³-hybridized carbons (Fsp3) is 0.0667. The first-order valence-corrected chi connectivity index (χ1v) is 6.06. The Hall–Kier alpha value is -2.62. The quantitative estimate of drug-likeness (QED) is 0.732. The minimum atomic E-state index is 0.699. The lowest BCUT2D eigenvalue weighted by Gasteiger charge is -2.10. The van der Waals surface area contributed by atoms with Crippen molar-refractivity contribution in [3.05, 3.63) is 54.5 Å². The van der Waals surface area contributed by atoms with Crippen molar-refractivity contribution in [1.29, 1.82) is 0 Å². The van der Waals surface area contributed by atoms with Crippen molar-refractivity contribution >= 4 is 28.0 Å². The van der Waals surface area contributed by atoms with Gasteiger partial charge in [0.25, 0.3) is 0 Å². The van der Waals surface area contributed by atoms with Gasteiger partial charge in [-0.3, -0.25) is 4.98 Å². The zero-order chi connectivity index (χ0) is 13.2. The van der Waals surface area contributed by atoms with Crippen molar-refractivity contribution in [1.82, 2.24) is 9.97 Å². The molecule has 0 aliphatic rings. The number of nitrogens with one attached hydrogen (secondary N) is 1. The zero-order valence-electron chi connectivity index (χ0n) is 10.6. The number of hydrogen-bond acceptors (Lipinski definition) is 4. The van der Waals surface area contributed by atoms with Gasteiger partial charge in [-0.25, -0.2) is 4.98 Å². The molecule has 0 bridgehead atoms. The summed E-state index contributed by atoms with van der Waals surface area (Å²) < 4.78 is 0. The second-order valence-corrected chi connectivity index (χ2v) is 4.45. The second kappa shape index (κ2) is 4.57. The van der Waals surface area contributed by atoms with Gasteiger partial charge in [0, 0.05) is 23.5 Å². The number of aryl methyl sites for hydroxylation is 1. The van der Waals surface area contributed by atoms with Crippen molar-refractivity contribution in [3.63, 3.8) is 0 Å². The number of aromatic nitrogens is 2. The number of anilines is 3. The molecule has 3 rings (SSSR count). The van der Waals surface area contributed by atoms with Gasteiger partial charge in [-0.1, -0.05) is 12.1 Å². The molecule has 0 aliphatic heterocycles. The lowest BCUT2D eigenvalue weighted by Crippen LogP contribution is -1.97. The highest BCUT2D eigenvalue weighted by Gasteiger charge is 2.03. The van der Waals surface area contributed by atoms with Gasteiger partial charge < -0.3 is 11.1 Å². The van der Waals surface area contributed by atoms with E-state index in [0.717, 1.165) is 27.8 Å². The van der Waals surface area contributed by atoms with E-state index in [4.69, 9.17) is 5.73 Å². The van der Waals surface area contributed by atoms with E-state index in [-0.39, 0.29) is 0 Å². The van der Waals surface area contributed by atoms with E-state index in [1.807, 2.05) is 37.4 Å². The monoisotopic (exact) mass is 250 g/mol. The highest BCUT2D eigenvalue weighted by atomic mass is 15.0. The van der Waals surface area contributed by atoms with Crippen LogP contribution in [0.1, 0.15) is 5.56 Å². The summed E-state index contributed by atoms with van der Waals surface area (Å²) in [7, 11) is 0. The van der Waals surface area contributed by atoms with Crippen LogP contribution in [0, 0.1) is 6.92 Å². The van der Waals surface area contributed by atoms with E-state index >= 15 is 0 Å². The van der Waals surface area contributed by atoms with Crippen LogP contribution in [0.3, 0.4) is 0 Å². The van der Waals surface area contributed by atoms with Gasteiger partial charge in [-0.05, 0) is 36.1 Å². The molecule has 0 fully saturated rings. The molecule has 2 heterocycles. The van der Waals surface area contributed by atoms with Gasteiger partial charge in [0.1, 0.15) is 5.82 Å². The Labute approximate surface area is 111 Å². The summed E-state index contributed by atoms with van der Waals surface area (Å²) in [4.78, 5) is 8.45. The lowest BCUT2D eigenvalue weighted by molar-refractivity contribution is 1.28. The molecule has 4 heteroatoms. The molecule has 3 N–H and O–H groups in total. The summed E-state index contributed by atoms with van der Waals surface area (Å²) >= 11 is 0. The number of nitrogens with zero attached hydrogens (tertiary/aromatic N) is 2. The Bertz CT molecular complexity index is 732. The van der Waals surface area contributed by atoms with E-state index < -0.39 is 0 Å². The summed E-state index contributed by atoms with van der Waals surface area (Å²) in [6.07, 6.45) is 5.31. The molecule has 0 saturated heterocycles. The maximum Gasteiger partial charge on any atom is 0.130 e. The van der Waals surface area contributed by atoms with Gasteiger partial charge in [0.2, 0.25) is 0 Å². The van der Waals surface area contributed by atoms with E-state index in [1.54, 1.807) is 12.4 Å². The average Bonchev–Trinajstić information content (AvgIpc) is 2.43. The Kier molecular flexibility index (Phi) is 2.76. The molecule has 4 nitrogen and oxygen atoms in total. The summed E-state index contributed by atoms with van der Waals surface area (Å²) in [5.41, 5.74) is 8.47. The Morgan fingerprint density at radius 1 is 1.16 bits per heavy atom. The van der Waals surface area contributed by atoms with Crippen molar-refractivity contribution < 1.29 is 0 Å². The second-order valence-electron chi connectivity index (χ2n) is 4.45. The van der Waals surface area contributed by atoms with Crippen molar-refractivity contribution in [2.24, 2.45) is 0 Å². The minimum absolute atomic E-state index is 0.699. The molecule has 0 unspecified atom stereocenters. The van der Waals surface area contributed by atoms with Crippen molar-refractivity contribution in [3.8, 4) is 0 Å². The van der Waals surface area contributed by atoms with Crippen LogP contribution in [0.4, 0.5) is 17.2 Å². The molecule has 0 amide bonds. The Morgan fingerprint density at radius 2 is 2.05 bits per heavy atom. The van der Waals surface area contributed by atoms with E-state index in [1.165, 1.54) is 0 Å². The number of nitrogens with two attached hydrogens (primary N) is 1. The predicted molar refractivity (Wildman–Crippen MR) is 78.4 cm³/mol. The Morgan fingerprint density at radius 3 is 2.89 bits per heavy atom. The first-order valence-electron chi connectivity index (χ1n) is 6.06. The molecule has 0 saturated carbocycles. The minimum Gasteiger partial charge on any atom is -0.397 e. The number of fused-ring (bicyclic) bond motifs is 1. The molecular formula is C15H14N4. The number of hydrogen-bond donors (Lipinski definition) is 2. The maximum absolute atomic E-state index is 5.77. The first kappa shape index (κ1) is 11.5. The van der Waals surface area contributed by atoms with Gasteiger partial charge in [0.05, 0.1) is 11.9 Å². The van der Waals surface area contributed by atoms with E-state index in [0.29, 0.717) is 5.69 Å². The smallest absolute Gasteiger partial charge is 0.130 e. The normalized spacial score (nSPS) is 10.6. The predicted octanol–water partition coefficient (Wildman–Crippen LogP) is 3.26. The standard InChI is InChI=1S/C15H14N4/c1-10-7-15(18-9-13(10)16)19-14-4-2-3-11-5-6-17-8-12(11)14/h2-9H,16H2,1H3,(H,18,19). The van der Waals surface area contributed by atoms with Crippen LogP contribution in [-0.4, -0.2) is 9.97 Å². The molecule has 0 aliphatic carbocycles. The molecule has 0 spiro atoms. The third-order valence-corrected chi connectivity index (χ3v) is 3.10. The number of nitrogen functional groups attached to an aromatic ring is 1. The SMILES string of the molecule is Cc1cc(Nc2cccc3ccncc23)ncc1N. The van der Waals surface area contributed by atoms with Crippen LogP contribution in [0.2, 0.25) is 0 Å². The van der Waals surface area contributed by atoms with Gasteiger partial charge >= 0.3 is 0 Å². The van der Waals surface area contributed by atoms with Crippen LogP contribution in [0.15, 0.2) is 48.9 Å². The topological polar surface area (TPSA) is 63.8 Å². The third kappa shape index (κ3) is 2.20. The highest BCUT2D eigenvalue weighted by Crippen LogP contribution is 2.25. The fourth-order valence-corrected chi connectivity index (χ4v) is 2.00. The highest BCUT2D eigenvalue weighted by molar-refractivity contribution is 5.94. The molecular weight excluding hydrogens is 236 g/mol. The lowest BCUT2D eigenvalue weighted by atomic mass is 10.1. The van der Waals surface area contributed by atoms with E-state index in [9.17, 15) is 0 Å². The van der Waals surface area contributed by atoms with Crippen LogP contribution >= 0.6 is 0 Å². The third-order valence-electron chi connectivity index (χ3n) is 3.10. The van der Waals surface area contributed by atoms with Crippen LogP contribution in [-0.2, 0) is 0 Å². The van der Waals surface area contributed by atoms with Gasteiger partial charge in [-0.15, -0.1) is 0 Å². The summed E-state index contributed by atoms with van der Waals surface area (Å²) in [6.45, 7) is 1.97. The summed E-state index contributed by atoms with van der Waals surface area (Å²) in [5.74, 6) is 0.781. The fourth-order valence-electron chi connectivity index (χ4n) is 2.00. The van der Waals surface area contributed by atoms with E-state index in [2.05, 4.69) is 21.4 Å². The zero-order valence-corrected chi connectivity index (χ0v) is 10.6. The van der Waals surface area contributed by atoms with Gasteiger partial charge in [0.15, 0.2) is 0 Å². The molecule has 19 heavy (non-hydrogen) atoms. The molecule has 0 atom stereocenters. The molecule has 3 aromatic rings. The first-order chi connectivity index (χ1) is 9.24. The van der Waals surface area contributed by atoms with Crippen LogP contribution in [0.5, 0.6) is 0 Å². The number of rotatable bonds is 2.